The molecule has 0 aromatic heterocycles. The van der Waals surface area contributed by atoms with Crippen molar-refractivity contribution in [1.82, 2.24) is 0 Å². The van der Waals surface area contributed by atoms with Crippen molar-refractivity contribution >= 4 is 23.5 Å². The molecule has 0 spiro atoms. The number of thioether (sulfide) groups is 2. The zero-order chi connectivity index (χ0) is 4.24. The van der Waals surface area contributed by atoms with Crippen LogP contribution in [0.25, 0.3) is 0 Å². The molecule has 0 saturated carbocycles. The Kier molecular flexibility index (Phi) is 2.27. The predicted octanol–water partition coefficient (Wildman–Crippen LogP) is 2.14. The Labute approximate surface area is 47.1 Å². The summed E-state index contributed by atoms with van der Waals surface area (Å²) in [5.74, 6) is 3.52. The van der Waals surface area contributed by atoms with Crippen LogP contribution < -0.4 is 0 Å². The zero-order valence-corrected chi connectivity index (χ0v) is 5.02. The molecule has 1 aliphatic rings. The average Bonchev–Trinajstić information content (AvgIpc) is 1.72. The third-order valence-corrected chi connectivity index (χ3v) is 2.46. The van der Waals surface area contributed by atoms with Crippen molar-refractivity contribution in [3.8, 4) is 0 Å². The minimum Gasteiger partial charge on any atom is -0.146 e. The maximum absolute atomic E-state index is 2.23. The van der Waals surface area contributed by atoms with E-state index in [2.05, 4.69) is 10.8 Å². The van der Waals surface area contributed by atoms with Crippen LogP contribution in [0.4, 0.5) is 0 Å². The van der Waals surface area contributed by atoms with Crippen molar-refractivity contribution < 1.29 is 0 Å². The lowest BCUT2D eigenvalue weighted by Gasteiger charge is -2.04. The van der Waals surface area contributed by atoms with Gasteiger partial charge in [0.2, 0.25) is 0 Å². The molecule has 1 fully saturated rings. The fraction of sp³-hybridized carbons (Fsp3) is 0.500. The maximum Gasteiger partial charge on any atom is 0.0715 e. The molecule has 0 aliphatic carbocycles. The number of rotatable bonds is 0. The molecule has 1 saturated heterocycles. The normalized spacial score (nSPS) is 24.0. The van der Waals surface area contributed by atoms with Gasteiger partial charge in [-0.3, -0.25) is 0 Å². The van der Waals surface area contributed by atoms with Crippen LogP contribution in [0, 0.1) is 10.8 Å². The summed E-state index contributed by atoms with van der Waals surface area (Å²) in [6.07, 6.45) is 1.27. The molecular weight excluding hydrogens is 112 g/mol. The van der Waals surface area contributed by atoms with Gasteiger partial charge in [0.1, 0.15) is 0 Å². The molecule has 0 bridgehead atoms. The van der Waals surface area contributed by atoms with Crippen molar-refractivity contribution in [3.05, 3.63) is 10.8 Å². The molecule has 2 radical (unpaired) electrons. The van der Waals surface area contributed by atoms with E-state index in [0.717, 1.165) is 0 Å². The summed E-state index contributed by atoms with van der Waals surface area (Å²) < 4.78 is 0. The van der Waals surface area contributed by atoms with Gasteiger partial charge in [-0.2, -0.15) is 0 Å². The standard InChI is InChI=1S/C4H6S2/c1-2-5-4-6-3-1/h2,4H,1,3H2. The SMILES string of the molecule is [CH]1CCS[CH]S1. The second kappa shape index (κ2) is 2.80. The van der Waals surface area contributed by atoms with Crippen LogP contribution in [0.3, 0.4) is 0 Å². The van der Waals surface area contributed by atoms with Gasteiger partial charge in [-0.15, -0.1) is 23.5 Å². The van der Waals surface area contributed by atoms with E-state index in [0.29, 0.717) is 0 Å². The summed E-state index contributed by atoms with van der Waals surface area (Å²) in [6, 6.07) is 0. The van der Waals surface area contributed by atoms with Crippen LogP contribution in [-0.4, -0.2) is 5.75 Å². The fourth-order valence-corrected chi connectivity index (χ4v) is 1.98. The molecule has 1 rings (SSSR count). The highest BCUT2D eigenvalue weighted by Gasteiger charge is 1.97. The lowest BCUT2D eigenvalue weighted by atomic mass is 10.6. The summed E-state index contributed by atoms with van der Waals surface area (Å²) in [5, 5.41) is 2.17. The van der Waals surface area contributed by atoms with Crippen molar-refractivity contribution in [3.63, 3.8) is 0 Å². The van der Waals surface area contributed by atoms with Crippen LogP contribution >= 0.6 is 23.5 Å². The smallest absolute Gasteiger partial charge is 0.0715 e. The molecule has 1 aliphatic heterocycles. The summed E-state index contributed by atoms with van der Waals surface area (Å²) in [6.45, 7) is 0. The maximum atomic E-state index is 2.23. The summed E-state index contributed by atoms with van der Waals surface area (Å²) in [7, 11) is 0. The molecule has 2 heteroatoms. The lowest BCUT2D eigenvalue weighted by molar-refractivity contribution is 1.22. The van der Waals surface area contributed by atoms with Gasteiger partial charge in [-0.1, -0.05) is 0 Å². The van der Waals surface area contributed by atoms with Crippen molar-refractivity contribution in [2.45, 2.75) is 6.42 Å². The van der Waals surface area contributed by atoms with E-state index in [1.165, 1.54) is 12.2 Å². The second-order valence-corrected chi connectivity index (χ2v) is 3.18. The molecule has 1 heterocycles. The van der Waals surface area contributed by atoms with E-state index >= 15 is 0 Å². The van der Waals surface area contributed by atoms with Gasteiger partial charge in [0, 0.05) is 5.75 Å². The minimum absolute atomic E-state index is 1.27. The zero-order valence-electron chi connectivity index (χ0n) is 3.39. The molecule has 0 aromatic rings. The van der Waals surface area contributed by atoms with Crippen LogP contribution in [0.5, 0.6) is 0 Å². The highest BCUT2D eigenvalue weighted by atomic mass is 32.2. The molecule has 0 unspecified atom stereocenters. The van der Waals surface area contributed by atoms with Crippen molar-refractivity contribution in [2.24, 2.45) is 0 Å². The molecule has 0 N–H and O–H groups in total. The van der Waals surface area contributed by atoms with Gasteiger partial charge in [0.05, 0.1) is 5.08 Å². The first-order valence-corrected chi connectivity index (χ1v) is 3.90. The van der Waals surface area contributed by atoms with E-state index in [9.17, 15) is 0 Å². The van der Waals surface area contributed by atoms with Gasteiger partial charge in [-0.25, -0.2) is 0 Å². The molecule has 6 heavy (non-hydrogen) atoms. The van der Waals surface area contributed by atoms with Gasteiger partial charge in [0.25, 0.3) is 0 Å². The third kappa shape index (κ3) is 1.43. The van der Waals surface area contributed by atoms with Crippen molar-refractivity contribution in [2.75, 3.05) is 5.75 Å². The quantitative estimate of drug-likeness (QED) is 0.478. The van der Waals surface area contributed by atoms with E-state index in [1.54, 1.807) is 0 Å². The first-order valence-electron chi connectivity index (χ1n) is 1.90. The third-order valence-electron chi connectivity index (χ3n) is 0.573. The molecule has 0 nitrogen and oxygen atoms in total. The second-order valence-electron chi connectivity index (χ2n) is 1.06. The van der Waals surface area contributed by atoms with Gasteiger partial charge >= 0.3 is 0 Å². The molecule has 0 amide bonds. The summed E-state index contributed by atoms with van der Waals surface area (Å²) >= 11 is 3.71. The average molecular weight is 118 g/mol. The van der Waals surface area contributed by atoms with Gasteiger partial charge in [0.15, 0.2) is 0 Å². The van der Waals surface area contributed by atoms with Crippen molar-refractivity contribution in [1.29, 1.82) is 0 Å². The highest BCUT2D eigenvalue weighted by molar-refractivity contribution is 8.20. The molecule has 0 aromatic carbocycles. The Morgan fingerprint density at radius 3 is 2.67 bits per heavy atom. The molecule has 0 atom stereocenters. The first kappa shape index (κ1) is 4.85. The summed E-state index contributed by atoms with van der Waals surface area (Å²) in [4.78, 5) is 0. The Hall–Kier alpha value is 0.700. The Morgan fingerprint density at radius 1 is 1.50 bits per heavy atom. The molecule has 34 valence electrons. The minimum atomic E-state index is 1.27. The van der Waals surface area contributed by atoms with Crippen LogP contribution in [0.1, 0.15) is 6.42 Å². The Bertz CT molecular complexity index is 21.0. The van der Waals surface area contributed by atoms with Crippen LogP contribution in [0.2, 0.25) is 0 Å². The number of hydrogen-bond donors (Lipinski definition) is 0. The Morgan fingerprint density at radius 2 is 2.50 bits per heavy atom. The van der Waals surface area contributed by atoms with Gasteiger partial charge in [-0.05, 0) is 12.2 Å². The lowest BCUT2D eigenvalue weighted by Crippen LogP contribution is -1.81. The van der Waals surface area contributed by atoms with E-state index in [4.69, 9.17) is 0 Å². The fourth-order valence-electron chi connectivity index (χ4n) is 0.311. The Balaban J connectivity index is 2.00. The highest BCUT2D eigenvalue weighted by Crippen LogP contribution is 2.28. The van der Waals surface area contributed by atoms with Crippen LogP contribution in [-0.2, 0) is 0 Å². The predicted molar refractivity (Wildman–Crippen MR) is 33.3 cm³/mol. The topological polar surface area (TPSA) is 0 Å². The van der Waals surface area contributed by atoms with Crippen LogP contribution in [0.15, 0.2) is 0 Å². The van der Waals surface area contributed by atoms with Gasteiger partial charge < -0.3 is 0 Å². The molecular formula is C4H6S2. The summed E-state index contributed by atoms with van der Waals surface area (Å²) in [5.41, 5.74) is 0. The van der Waals surface area contributed by atoms with E-state index < -0.39 is 0 Å². The van der Waals surface area contributed by atoms with E-state index in [-0.39, 0.29) is 0 Å². The number of hydrogen-bond acceptors (Lipinski definition) is 2. The largest absolute Gasteiger partial charge is 0.146 e. The monoisotopic (exact) mass is 118 g/mol. The van der Waals surface area contributed by atoms with E-state index in [1.807, 2.05) is 23.5 Å². The first-order chi connectivity index (χ1) is 3.00.